The molecule has 0 N–H and O–H groups in total. The topological polar surface area (TPSA) is 61.7 Å². The van der Waals surface area contributed by atoms with Crippen molar-refractivity contribution in [1.29, 1.82) is 0 Å². The second-order valence-corrected chi connectivity index (χ2v) is 16.1. The molecular formula is C57H35N5O. The fourth-order valence-corrected chi connectivity index (χ4v) is 9.42. The Morgan fingerprint density at radius 1 is 0.317 bits per heavy atom. The molecular weight excluding hydrogens is 771 g/mol. The summed E-state index contributed by atoms with van der Waals surface area (Å²) in [5.41, 5.74) is 15.3. The van der Waals surface area contributed by atoms with Crippen LogP contribution in [0.1, 0.15) is 0 Å². The van der Waals surface area contributed by atoms with Crippen LogP contribution in [0.5, 0.6) is 0 Å². The lowest BCUT2D eigenvalue weighted by atomic mass is 10.0. The highest BCUT2D eigenvalue weighted by molar-refractivity contribution is 6.13. The second kappa shape index (κ2) is 14.0. The number of hydrogen-bond donors (Lipinski definition) is 0. The molecule has 0 amide bonds. The minimum Gasteiger partial charge on any atom is -0.454 e. The maximum absolute atomic E-state index is 6.04. The van der Waals surface area contributed by atoms with E-state index in [0.717, 1.165) is 105 Å². The van der Waals surface area contributed by atoms with Gasteiger partial charge in [-0.2, -0.15) is 0 Å². The number of benzene rings is 8. The maximum Gasteiger partial charge on any atom is 0.235 e. The smallest absolute Gasteiger partial charge is 0.235 e. The van der Waals surface area contributed by atoms with E-state index in [1.165, 1.54) is 10.8 Å². The van der Waals surface area contributed by atoms with Gasteiger partial charge in [0.25, 0.3) is 0 Å². The van der Waals surface area contributed by atoms with Crippen LogP contribution >= 0.6 is 0 Å². The SMILES string of the molecule is c1ccc(-c2cc(-c3ccccc3)nc(-n3c4ccccc4c4cc(-c5ccc6c(c5)c5ccccc5n6-c5ccc(-c6cc7c(cn6)oc6ccccc67)cc5)ccc43)n2)cc1. The molecule has 13 rings (SSSR count). The lowest BCUT2D eigenvalue weighted by molar-refractivity contribution is 0.667. The lowest BCUT2D eigenvalue weighted by Gasteiger charge is -2.12. The highest BCUT2D eigenvalue weighted by atomic mass is 16.3. The lowest BCUT2D eigenvalue weighted by Crippen LogP contribution is -2.03. The van der Waals surface area contributed by atoms with E-state index >= 15 is 0 Å². The summed E-state index contributed by atoms with van der Waals surface area (Å²) in [7, 11) is 0. The Hall–Kier alpha value is -8.61. The van der Waals surface area contributed by atoms with Gasteiger partial charge in [-0.3, -0.25) is 9.55 Å². The van der Waals surface area contributed by atoms with E-state index in [-0.39, 0.29) is 0 Å². The zero-order chi connectivity index (χ0) is 41.4. The largest absolute Gasteiger partial charge is 0.454 e. The molecule has 0 atom stereocenters. The third kappa shape index (κ3) is 5.69. The molecule has 0 aliphatic rings. The van der Waals surface area contributed by atoms with Crippen molar-refractivity contribution in [3.63, 3.8) is 0 Å². The summed E-state index contributed by atoms with van der Waals surface area (Å²) in [5, 5.41) is 6.88. The fourth-order valence-electron chi connectivity index (χ4n) is 9.42. The van der Waals surface area contributed by atoms with Crippen molar-refractivity contribution in [3.05, 3.63) is 212 Å². The molecule has 0 fully saturated rings. The van der Waals surface area contributed by atoms with E-state index in [4.69, 9.17) is 19.4 Å². The Bertz CT molecular complexity index is 3840. The van der Waals surface area contributed by atoms with Crippen LogP contribution < -0.4 is 0 Å². The minimum atomic E-state index is 0.639. The van der Waals surface area contributed by atoms with Gasteiger partial charge >= 0.3 is 0 Å². The molecule has 0 spiro atoms. The van der Waals surface area contributed by atoms with Gasteiger partial charge in [-0.15, -0.1) is 0 Å². The quantitative estimate of drug-likeness (QED) is 0.168. The molecule has 0 saturated carbocycles. The van der Waals surface area contributed by atoms with Crippen LogP contribution in [0.15, 0.2) is 217 Å². The first-order valence-corrected chi connectivity index (χ1v) is 21.2. The van der Waals surface area contributed by atoms with Crippen molar-refractivity contribution in [2.45, 2.75) is 0 Å². The third-order valence-corrected chi connectivity index (χ3v) is 12.4. The van der Waals surface area contributed by atoms with Crippen LogP contribution in [-0.2, 0) is 0 Å². The number of nitrogens with zero attached hydrogens (tertiary/aromatic N) is 5. The van der Waals surface area contributed by atoms with Gasteiger partial charge in [-0.25, -0.2) is 9.97 Å². The number of pyridine rings is 1. The van der Waals surface area contributed by atoms with Gasteiger partial charge in [0.15, 0.2) is 5.58 Å². The first-order valence-electron chi connectivity index (χ1n) is 21.2. The summed E-state index contributed by atoms with van der Waals surface area (Å²) in [6.45, 7) is 0. The van der Waals surface area contributed by atoms with Crippen molar-refractivity contribution >= 4 is 65.6 Å². The molecule has 0 bridgehead atoms. The number of fused-ring (bicyclic) bond motifs is 9. The fraction of sp³-hybridized carbons (Fsp3) is 0. The van der Waals surface area contributed by atoms with Gasteiger partial charge in [0.1, 0.15) is 5.58 Å². The van der Waals surface area contributed by atoms with Crippen LogP contribution in [-0.4, -0.2) is 24.1 Å². The van der Waals surface area contributed by atoms with Gasteiger partial charge in [0.05, 0.1) is 45.3 Å². The van der Waals surface area contributed by atoms with Gasteiger partial charge in [0.2, 0.25) is 5.95 Å². The maximum atomic E-state index is 6.04. The molecule has 6 heteroatoms. The van der Waals surface area contributed by atoms with Crippen molar-refractivity contribution in [2.24, 2.45) is 0 Å². The zero-order valence-corrected chi connectivity index (χ0v) is 33.9. The monoisotopic (exact) mass is 805 g/mol. The summed E-state index contributed by atoms with van der Waals surface area (Å²) in [4.78, 5) is 15.2. The molecule has 0 aliphatic heterocycles. The predicted octanol–water partition coefficient (Wildman–Crippen LogP) is 14.6. The normalized spacial score (nSPS) is 11.8. The molecule has 13 aromatic rings. The number of para-hydroxylation sites is 3. The van der Waals surface area contributed by atoms with Crippen molar-refractivity contribution in [2.75, 3.05) is 0 Å². The first kappa shape index (κ1) is 35.2. The summed E-state index contributed by atoms with van der Waals surface area (Å²) < 4.78 is 10.6. The van der Waals surface area contributed by atoms with Crippen molar-refractivity contribution in [3.8, 4) is 56.5 Å². The minimum absolute atomic E-state index is 0.639. The van der Waals surface area contributed by atoms with Crippen LogP contribution in [0.4, 0.5) is 0 Å². The Morgan fingerprint density at radius 2 is 0.810 bits per heavy atom. The first-order chi connectivity index (χ1) is 31.2. The molecule has 6 nitrogen and oxygen atoms in total. The average molecular weight is 806 g/mol. The van der Waals surface area contributed by atoms with Crippen LogP contribution in [0.2, 0.25) is 0 Å². The highest BCUT2D eigenvalue weighted by Crippen LogP contribution is 2.39. The Morgan fingerprint density at radius 3 is 1.44 bits per heavy atom. The van der Waals surface area contributed by atoms with Gasteiger partial charge < -0.3 is 8.98 Å². The summed E-state index contributed by atoms with van der Waals surface area (Å²) in [6, 6.07) is 72.7. The Kier molecular flexibility index (Phi) is 7.80. The van der Waals surface area contributed by atoms with Crippen LogP contribution in [0.25, 0.3) is 122 Å². The molecule has 0 unspecified atom stereocenters. The molecule has 5 heterocycles. The molecule has 0 radical (unpaired) electrons. The van der Waals surface area contributed by atoms with Gasteiger partial charge in [-0.05, 0) is 77.9 Å². The van der Waals surface area contributed by atoms with E-state index in [2.05, 4.69) is 185 Å². The molecule has 294 valence electrons. The summed E-state index contributed by atoms with van der Waals surface area (Å²) in [6.07, 6.45) is 1.83. The van der Waals surface area contributed by atoms with E-state index in [0.29, 0.717) is 5.95 Å². The number of aromatic nitrogens is 5. The highest BCUT2D eigenvalue weighted by Gasteiger charge is 2.19. The Balaban J connectivity index is 0.915. The molecule has 5 aromatic heterocycles. The standard InChI is InChI=1S/C57H35N5O/c1-3-13-36(14-4-1)49-34-50(37-15-5-2-6-16-37)60-57(59-49)62-52-21-11-8-18-43(52)46-32-40(26-30-54(46)62)39-25-29-53-45(31-39)42-17-7-10-20-51(42)61(53)41-27-23-38(24-28-41)48-33-47-44-19-9-12-22-55(44)63-56(47)35-58-48/h1-35H. The van der Waals surface area contributed by atoms with E-state index < -0.39 is 0 Å². The average Bonchev–Trinajstić information content (AvgIpc) is 4.01. The second-order valence-electron chi connectivity index (χ2n) is 16.1. The van der Waals surface area contributed by atoms with E-state index in [1.54, 1.807) is 0 Å². The number of rotatable bonds is 6. The van der Waals surface area contributed by atoms with Crippen LogP contribution in [0, 0.1) is 0 Å². The summed E-state index contributed by atoms with van der Waals surface area (Å²) >= 11 is 0. The number of furan rings is 1. The van der Waals surface area contributed by atoms with Crippen molar-refractivity contribution < 1.29 is 4.42 Å². The Labute approximate surface area is 361 Å². The summed E-state index contributed by atoms with van der Waals surface area (Å²) in [5.74, 6) is 0.639. The number of hydrogen-bond acceptors (Lipinski definition) is 4. The van der Waals surface area contributed by atoms with Gasteiger partial charge in [0, 0.05) is 54.7 Å². The van der Waals surface area contributed by atoms with Gasteiger partial charge in [-0.1, -0.05) is 140 Å². The molecule has 8 aromatic carbocycles. The third-order valence-electron chi connectivity index (χ3n) is 12.4. The van der Waals surface area contributed by atoms with Crippen molar-refractivity contribution in [1.82, 2.24) is 24.1 Å². The predicted molar refractivity (Wildman–Crippen MR) is 258 cm³/mol. The molecule has 63 heavy (non-hydrogen) atoms. The molecule has 0 aliphatic carbocycles. The zero-order valence-electron chi connectivity index (χ0n) is 33.9. The van der Waals surface area contributed by atoms with E-state index in [1.807, 2.05) is 36.5 Å². The molecule has 0 saturated heterocycles. The van der Waals surface area contributed by atoms with E-state index in [9.17, 15) is 0 Å². The van der Waals surface area contributed by atoms with Crippen LogP contribution in [0.3, 0.4) is 0 Å².